The van der Waals surface area contributed by atoms with Gasteiger partial charge in [0.05, 0.1) is 0 Å². The number of nitrogens with one attached hydrogen (secondary N) is 1. The highest BCUT2D eigenvalue weighted by Gasteiger charge is 1.96. The van der Waals surface area contributed by atoms with Crippen LogP contribution in [-0.4, -0.2) is 31.1 Å². The molecule has 0 fully saturated rings. The van der Waals surface area contributed by atoms with Crippen LogP contribution in [0.4, 0.5) is 0 Å². The van der Waals surface area contributed by atoms with E-state index in [9.17, 15) is 0 Å². The zero-order valence-electron chi connectivity index (χ0n) is 7.98. The highest BCUT2D eigenvalue weighted by molar-refractivity contribution is 4.84. The number of hydrogen-bond acceptors (Lipinski definition) is 2. The van der Waals surface area contributed by atoms with Crippen molar-refractivity contribution < 1.29 is 0 Å². The Morgan fingerprint density at radius 1 is 1.36 bits per heavy atom. The van der Waals surface area contributed by atoms with Crippen LogP contribution in [-0.2, 0) is 0 Å². The summed E-state index contributed by atoms with van der Waals surface area (Å²) in [6.07, 6.45) is 0. The number of nitrogens with zero attached hydrogens (tertiary/aromatic N) is 1. The van der Waals surface area contributed by atoms with Crippen molar-refractivity contribution in [2.75, 3.05) is 26.2 Å². The lowest BCUT2D eigenvalue weighted by Crippen LogP contribution is -2.31. The zero-order valence-corrected chi connectivity index (χ0v) is 7.98. The molecule has 0 saturated heterocycles. The van der Waals surface area contributed by atoms with E-state index in [1.165, 1.54) is 0 Å². The highest BCUT2D eigenvalue weighted by atomic mass is 15.1. The van der Waals surface area contributed by atoms with Crippen molar-refractivity contribution in [1.82, 2.24) is 10.2 Å². The second-order valence-electron chi connectivity index (χ2n) is 2.73. The summed E-state index contributed by atoms with van der Waals surface area (Å²) < 4.78 is 0. The predicted octanol–water partition coefficient (Wildman–Crippen LogP) is 1.45. The largest absolute Gasteiger partial charge is 0.388 e. The molecule has 0 saturated carbocycles. The van der Waals surface area contributed by atoms with Crippen LogP contribution in [0, 0.1) is 0 Å². The van der Waals surface area contributed by atoms with Crippen LogP contribution >= 0.6 is 0 Å². The van der Waals surface area contributed by atoms with Crippen LogP contribution in [0.25, 0.3) is 0 Å². The fraction of sp³-hybridized carbons (Fsp3) is 0.778. The van der Waals surface area contributed by atoms with Crippen molar-refractivity contribution in [3.8, 4) is 0 Å². The molecule has 0 rings (SSSR count). The third kappa shape index (κ3) is 5.92. The standard InChI is InChI=1S/C9H20N2/c1-5-11(6-2)8-7-10-9(3)4/h10H,3,5-8H2,1-2,4H3. The summed E-state index contributed by atoms with van der Waals surface area (Å²) in [6.45, 7) is 14.5. The van der Waals surface area contributed by atoms with E-state index in [2.05, 4.69) is 30.6 Å². The van der Waals surface area contributed by atoms with Crippen LogP contribution in [0.1, 0.15) is 20.8 Å². The molecule has 1 N–H and O–H groups in total. The van der Waals surface area contributed by atoms with E-state index < -0.39 is 0 Å². The Morgan fingerprint density at radius 2 is 1.91 bits per heavy atom. The summed E-state index contributed by atoms with van der Waals surface area (Å²) in [5.74, 6) is 0. The fourth-order valence-electron chi connectivity index (χ4n) is 0.967. The van der Waals surface area contributed by atoms with Crippen molar-refractivity contribution in [3.63, 3.8) is 0 Å². The monoisotopic (exact) mass is 156 g/mol. The molecule has 0 spiro atoms. The molecule has 0 aliphatic heterocycles. The lowest BCUT2D eigenvalue weighted by Gasteiger charge is -2.18. The zero-order chi connectivity index (χ0) is 8.69. The molecule has 2 nitrogen and oxygen atoms in total. The average molecular weight is 156 g/mol. The third-order valence-electron chi connectivity index (χ3n) is 1.75. The van der Waals surface area contributed by atoms with Crippen LogP contribution in [0.3, 0.4) is 0 Å². The third-order valence-corrected chi connectivity index (χ3v) is 1.75. The van der Waals surface area contributed by atoms with Gasteiger partial charge in [-0.15, -0.1) is 0 Å². The Balaban J connectivity index is 3.28. The molecule has 0 bridgehead atoms. The maximum absolute atomic E-state index is 3.77. The van der Waals surface area contributed by atoms with Crippen LogP contribution in [0.2, 0.25) is 0 Å². The molecule has 0 amide bonds. The van der Waals surface area contributed by atoms with Crippen molar-refractivity contribution in [2.24, 2.45) is 0 Å². The molecule has 0 aliphatic rings. The minimum Gasteiger partial charge on any atom is -0.388 e. The summed E-state index contributed by atoms with van der Waals surface area (Å²) in [4.78, 5) is 2.38. The maximum Gasteiger partial charge on any atom is 0.0271 e. The number of allylic oxidation sites excluding steroid dienone is 1. The van der Waals surface area contributed by atoms with Gasteiger partial charge in [-0.05, 0) is 20.0 Å². The molecular weight excluding hydrogens is 136 g/mol. The molecule has 0 heterocycles. The predicted molar refractivity (Wildman–Crippen MR) is 50.6 cm³/mol. The van der Waals surface area contributed by atoms with Crippen LogP contribution < -0.4 is 5.32 Å². The Bertz CT molecular complexity index is 106. The van der Waals surface area contributed by atoms with E-state index in [0.29, 0.717) is 0 Å². The first kappa shape index (κ1) is 10.5. The Labute approximate surface area is 70.3 Å². The molecule has 0 aromatic carbocycles. The van der Waals surface area contributed by atoms with Gasteiger partial charge in [0.1, 0.15) is 0 Å². The van der Waals surface area contributed by atoms with Crippen LogP contribution in [0.15, 0.2) is 12.3 Å². The molecule has 0 atom stereocenters. The van der Waals surface area contributed by atoms with Crippen molar-refractivity contribution in [2.45, 2.75) is 20.8 Å². The molecule has 2 heteroatoms. The Hall–Kier alpha value is -0.500. The van der Waals surface area contributed by atoms with Gasteiger partial charge in [-0.2, -0.15) is 0 Å². The van der Waals surface area contributed by atoms with Gasteiger partial charge in [-0.1, -0.05) is 20.4 Å². The molecule has 11 heavy (non-hydrogen) atoms. The van der Waals surface area contributed by atoms with Gasteiger partial charge < -0.3 is 10.2 Å². The molecule has 0 aromatic heterocycles. The van der Waals surface area contributed by atoms with Crippen LogP contribution in [0.5, 0.6) is 0 Å². The number of hydrogen-bond donors (Lipinski definition) is 1. The van der Waals surface area contributed by atoms with Gasteiger partial charge in [0.15, 0.2) is 0 Å². The van der Waals surface area contributed by atoms with Crippen molar-refractivity contribution in [3.05, 3.63) is 12.3 Å². The highest BCUT2D eigenvalue weighted by Crippen LogP contribution is 1.85. The molecule has 0 radical (unpaired) electrons. The Morgan fingerprint density at radius 3 is 2.27 bits per heavy atom. The molecule has 0 aliphatic carbocycles. The lowest BCUT2D eigenvalue weighted by molar-refractivity contribution is 0.306. The SMILES string of the molecule is C=C(C)NCCN(CC)CC. The summed E-state index contributed by atoms with van der Waals surface area (Å²) in [6, 6.07) is 0. The summed E-state index contributed by atoms with van der Waals surface area (Å²) in [7, 11) is 0. The Kier molecular flexibility index (Phi) is 5.94. The van der Waals surface area contributed by atoms with E-state index in [4.69, 9.17) is 0 Å². The fourth-order valence-corrected chi connectivity index (χ4v) is 0.967. The molecule has 66 valence electrons. The van der Waals surface area contributed by atoms with Gasteiger partial charge in [-0.25, -0.2) is 0 Å². The summed E-state index contributed by atoms with van der Waals surface area (Å²) in [5, 5.41) is 3.21. The van der Waals surface area contributed by atoms with Gasteiger partial charge in [0, 0.05) is 18.8 Å². The van der Waals surface area contributed by atoms with Crippen molar-refractivity contribution >= 4 is 0 Å². The first-order chi connectivity index (χ1) is 5.20. The minimum absolute atomic E-state index is 1.01. The average Bonchev–Trinajstić information content (AvgIpc) is 1.98. The lowest BCUT2D eigenvalue weighted by atomic mass is 10.4. The number of likely N-dealkylation sites (N-methyl/N-ethyl adjacent to an activating group) is 1. The van der Waals surface area contributed by atoms with Gasteiger partial charge in [0.25, 0.3) is 0 Å². The van der Waals surface area contributed by atoms with Gasteiger partial charge >= 0.3 is 0 Å². The summed E-state index contributed by atoms with van der Waals surface area (Å²) in [5.41, 5.74) is 1.05. The van der Waals surface area contributed by atoms with Gasteiger partial charge in [-0.3, -0.25) is 0 Å². The topological polar surface area (TPSA) is 15.3 Å². The van der Waals surface area contributed by atoms with E-state index in [-0.39, 0.29) is 0 Å². The first-order valence-corrected chi connectivity index (χ1v) is 4.32. The first-order valence-electron chi connectivity index (χ1n) is 4.32. The second-order valence-corrected chi connectivity index (χ2v) is 2.73. The van der Waals surface area contributed by atoms with E-state index >= 15 is 0 Å². The maximum atomic E-state index is 3.77. The quantitative estimate of drug-likeness (QED) is 0.626. The van der Waals surface area contributed by atoms with Crippen molar-refractivity contribution in [1.29, 1.82) is 0 Å². The van der Waals surface area contributed by atoms with E-state index in [1.54, 1.807) is 0 Å². The van der Waals surface area contributed by atoms with E-state index in [0.717, 1.165) is 31.9 Å². The van der Waals surface area contributed by atoms with Gasteiger partial charge in [0.2, 0.25) is 0 Å². The number of rotatable bonds is 6. The molecule has 0 aromatic rings. The van der Waals surface area contributed by atoms with E-state index in [1.807, 2.05) is 6.92 Å². The summed E-state index contributed by atoms with van der Waals surface area (Å²) >= 11 is 0. The molecule has 0 unspecified atom stereocenters. The second kappa shape index (κ2) is 6.23. The molecular formula is C9H20N2. The normalized spacial score (nSPS) is 10.2. The smallest absolute Gasteiger partial charge is 0.0271 e. The minimum atomic E-state index is 1.01.